The molecule has 26 heavy (non-hydrogen) atoms. The number of thiazole rings is 1. The van der Waals surface area contributed by atoms with E-state index in [0.29, 0.717) is 5.92 Å². The number of ether oxygens (including phenoxy) is 1. The second kappa shape index (κ2) is 10.7. The molecule has 2 heterocycles. The lowest BCUT2D eigenvalue weighted by Crippen LogP contribution is -2.38. The minimum atomic E-state index is 0. The molecule has 3 rings (SSSR count). The number of nitrogens with one attached hydrogen (secondary N) is 2. The van der Waals surface area contributed by atoms with Crippen LogP contribution in [-0.4, -0.2) is 37.2 Å². The van der Waals surface area contributed by atoms with E-state index < -0.39 is 0 Å². The monoisotopic (exact) mass is 486 g/mol. The Kier molecular flexibility index (Phi) is 8.64. The zero-order valence-corrected chi connectivity index (χ0v) is 18.5. The molecule has 0 amide bonds. The summed E-state index contributed by atoms with van der Waals surface area (Å²) >= 11 is 1.76. The normalized spacial score (nSPS) is 16.2. The number of hydrogen-bond acceptors (Lipinski definition) is 4. The Labute approximate surface area is 176 Å². The average molecular weight is 486 g/mol. The minimum Gasteiger partial charge on any atom is -0.493 e. The van der Waals surface area contributed by atoms with Gasteiger partial charge in [0.2, 0.25) is 0 Å². The van der Waals surface area contributed by atoms with Gasteiger partial charge < -0.3 is 15.4 Å². The van der Waals surface area contributed by atoms with Gasteiger partial charge in [0.1, 0.15) is 5.75 Å². The van der Waals surface area contributed by atoms with Crippen molar-refractivity contribution in [2.75, 3.05) is 26.2 Å². The van der Waals surface area contributed by atoms with Crippen LogP contribution in [0.15, 0.2) is 35.5 Å². The highest BCUT2D eigenvalue weighted by Crippen LogP contribution is 2.33. The molecule has 1 aliphatic rings. The highest BCUT2D eigenvalue weighted by atomic mass is 127. The maximum atomic E-state index is 5.74. The van der Waals surface area contributed by atoms with Crippen LogP contribution in [0.4, 0.5) is 0 Å². The Morgan fingerprint density at radius 2 is 2.19 bits per heavy atom. The molecule has 1 unspecified atom stereocenters. The van der Waals surface area contributed by atoms with Crippen molar-refractivity contribution in [1.82, 2.24) is 15.6 Å². The first-order valence-electron chi connectivity index (χ1n) is 8.91. The van der Waals surface area contributed by atoms with Gasteiger partial charge in [0.25, 0.3) is 0 Å². The molecule has 7 heteroatoms. The SMILES string of the molecule is CCNC(=NCC1CCOc2ccccc21)NCCc1ncc(C)s1.I. The molecule has 0 aliphatic carbocycles. The van der Waals surface area contributed by atoms with Crippen molar-refractivity contribution < 1.29 is 4.74 Å². The molecule has 1 aromatic carbocycles. The minimum absolute atomic E-state index is 0. The Balaban J connectivity index is 0.00000243. The predicted molar refractivity (Wildman–Crippen MR) is 119 cm³/mol. The first kappa shape index (κ1) is 21.0. The molecule has 0 fully saturated rings. The predicted octanol–water partition coefficient (Wildman–Crippen LogP) is 3.73. The molecule has 0 saturated carbocycles. The second-order valence-corrected chi connectivity index (χ2v) is 7.45. The van der Waals surface area contributed by atoms with Gasteiger partial charge in [-0.3, -0.25) is 4.99 Å². The number of hydrogen-bond donors (Lipinski definition) is 2. The van der Waals surface area contributed by atoms with Crippen LogP contribution in [0.1, 0.15) is 34.7 Å². The summed E-state index contributed by atoms with van der Waals surface area (Å²) in [6.07, 6.45) is 3.86. The van der Waals surface area contributed by atoms with Gasteiger partial charge in [0.15, 0.2) is 5.96 Å². The first-order valence-corrected chi connectivity index (χ1v) is 9.73. The largest absolute Gasteiger partial charge is 0.493 e. The first-order chi connectivity index (χ1) is 12.3. The van der Waals surface area contributed by atoms with E-state index in [2.05, 4.69) is 41.6 Å². The number of aliphatic imine (C=N–C) groups is 1. The van der Waals surface area contributed by atoms with E-state index >= 15 is 0 Å². The van der Waals surface area contributed by atoms with E-state index in [1.165, 1.54) is 15.4 Å². The van der Waals surface area contributed by atoms with Crippen LogP contribution < -0.4 is 15.4 Å². The van der Waals surface area contributed by atoms with E-state index in [1.807, 2.05) is 18.3 Å². The standard InChI is InChI=1S/C19H26N4OS.HI/c1-3-20-19(21-10-8-18-22-12-14(2)25-18)23-13-15-9-11-24-17-7-5-4-6-16(15)17;/h4-7,12,15H,3,8-11,13H2,1-2H3,(H2,20,21,23);1H. The highest BCUT2D eigenvalue weighted by Gasteiger charge is 2.20. The van der Waals surface area contributed by atoms with Crippen LogP contribution in [0, 0.1) is 6.92 Å². The molecule has 5 nitrogen and oxygen atoms in total. The van der Waals surface area contributed by atoms with Crippen LogP contribution in [0.25, 0.3) is 0 Å². The Morgan fingerprint density at radius 3 is 2.96 bits per heavy atom. The lowest BCUT2D eigenvalue weighted by atomic mass is 9.93. The van der Waals surface area contributed by atoms with Crippen molar-refractivity contribution in [1.29, 1.82) is 0 Å². The number of guanidine groups is 1. The van der Waals surface area contributed by atoms with Crippen molar-refractivity contribution in [3.63, 3.8) is 0 Å². The molecule has 1 atom stereocenters. The van der Waals surface area contributed by atoms with Crippen LogP contribution >= 0.6 is 35.3 Å². The summed E-state index contributed by atoms with van der Waals surface area (Å²) < 4.78 is 5.74. The summed E-state index contributed by atoms with van der Waals surface area (Å²) in [5.41, 5.74) is 1.27. The number of para-hydroxylation sites is 1. The Bertz CT molecular complexity index is 719. The van der Waals surface area contributed by atoms with Gasteiger partial charge in [0.05, 0.1) is 11.6 Å². The molecule has 0 radical (unpaired) electrons. The Hall–Kier alpha value is -1.35. The van der Waals surface area contributed by atoms with Crippen molar-refractivity contribution in [2.45, 2.75) is 32.6 Å². The van der Waals surface area contributed by atoms with Gasteiger partial charge in [-0.15, -0.1) is 35.3 Å². The van der Waals surface area contributed by atoms with Crippen LogP contribution in [-0.2, 0) is 6.42 Å². The molecule has 1 aliphatic heterocycles. The molecule has 0 spiro atoms. The van der Waals surface area contributed by atoms with Crippen molar-refractivity contribution in [3.05, 3.63) is 45.9 Å². The molecular weight excluding hydrogens is 459 g/mol. The summed E-state index contributed by atoms with van der Waals surface area (Å²) in [7, 11) is 0. The summed E-state index contributed by atoms with van der Waals surface area (Å²) in [4.78, 5) is 10.5. The average Bonchev–Trinajstić information content (AvgIpc) is 3.05. The van der Waals surface area contributed by atoms with Crippen LogP contribution in [0.3, 0.4) is 0 Å². The number of benzene rings is 1. The van der Waals surface area contributed by atoms with Gasteiger partial charge in [-0.2, -0.15) is 0 Å². The molecule has 0 bridgehead atoms. The van der Waals surface area contributed by atoms with Gasteiger partial charge in [-0.25, -0.2) is 4.98 Å². The number of fused-ring (bicyclic) bond motifs is 1. The van der Waals surface area contributed by atoms with Gasteiger partial charge in [0, 0.05) is 43.0 Å². The van der Waals surface area contributed by atoms with Gasteiger partial charge >= 0.3 is 0 Å². The summed E-state index contributed by atoms with van der Waals surface area (Å²) in [5, 5.41) is 7.91. The number of rotatable bonds is 6. The van der Waals surface area contributed by atoms with Gasteiger partial charge in [-0.1, -0.05) is 18.2 Å². The molecule has 142 valence electrons. The molecule has 2 aromatic rings. The highest BCUT2D eigenvalue weighted by molar-refractivity contribution is 14.0. The fourth-order valence-electron chi connectivity index (χ4n) is 2.95. The van der Waals surface area contributed by atoms with Crippen molar-refractivity contribution >= 4 is 41.3 Å². The molecule has 2 N–H and O–H groups in total. The van der Waals surface area contributed by atoms with E-state index in [0.717, 1.165) is 50.8 Å². The third-order valence-electron chi connectivity index (χ3n) is 4.20. The smallest absolute Gasteiger partial charge is 0.191 e. The van der Waals surface area contributed by atoms with Crippen LogP contribution in [0.5, 0.6) is 5.75 Å². The van der Waals surface area contributed by atoms with Crippen LogP contribution in [0.2, 0.25) is 0 Å². The second-order valence-electron chi connectivity index (χ2n) is 6.13. The summed E-state index contributed by atoms with van der Waals surface area (Å²) in [6, 6.07) is 8.30. The Morgan fingerprint density at radius 1 is 1.35 bits per heavy atom. The lowest BCUT2D eigenvalue weighted by molar-refractivity contribution is 0.269. The molecule has 1 aromatic heterocycles. The number of aryl methyl sites for hydroxylation is 1. The third-order valence-corrected chi connectivity index (χ3v) is 5.17. The van der Waals surface area contributed by atoms with Crippen molar-refractivity contribution in [3.8, 4) is 5.75 Å². The maximum absolute atomic E-state index is 5.74. The number of aromatic nitrogens is 1. The van der Waals surface area contributed by atoms with E-state index in [9.17, 15) is 0 Å². The van der Waals surface area contributed by atoms with Gasteiger partial charge in [-0.05, 0) is 31.9 Å². The summed E-state index contributed by atoms with van der Waals surface area (Å²) in [6.45, 7) is 7.41. The lowest BCUT2D eigenvalue weighted by Gasteiger charge is -2.25. The topological polar surface area (TPSA) is 58.5 Å². The maximum Gasteiger partial charge on any atom is 0.191 e. The van der Waals surface area contributed by atoms with Crippen molar-refractivity contribution in [2.24, 2.45) is 4.99 Å². The van der Waals surface area contributed by atoms with E-state index in [-0.39, 0.29) is 24.0 Å². The number of nitrogens with zero attached hydrogens (tertiary/aromatic N) is 2. The zero-order chi connectivity index (χ0) is 17.5. The molecule has 0 saturated heterocycles. The van der Waals surface area contributed by atoms with E-state index in [4.69, 9.17) is 9.73 Å². The third kappa shape index (κ3) is 5.84. The molecular formula is C19H27IN4OS. The quantitative estimate of drug-likeness (QED) is 0.371. The zero-order valence-electron chi connectivity index (χ0n) is 15.3. The number of halogens is 1. The van der Waals surface area contributed by atoms with E-state index in [1.54, 1.807) is 11.3 Å². The summed E-state index contributed by atoms with van der Waals surface area (Å²) in [5.74, 6) is 2.30. The fraction of sp³-hybridized carbons (Fsp3) is 0.474. The fourth-order valence-corrected chi connectivity index (χ4v) is 3.74.